The van der Waals surface area contributed by atoms with Crippen molar-refractivity contribution in [3.63, 3.8) is 0 Å². The largest absolute Gasteiger partial charge is 0.462 e. The number of ether oxygens (including phenoxy) is 1. The van der Waals surface area contributed by atoms with E-state index in [1.54, 1.807) is 0 Å². The fraction of sp³-hybridized carbons (Fsp3) is 0.375. The van der Waals surface area contributed by atoms with Crippen LogP contribution in [0.5, 0.6) is 0 Å². The molecule has 0 unspecified atom stereocenters. The number of amides is 2. The minimum atomic E-state index is -0.718. The van der Waals surface area contributed by atoms with Gasteiger partial charge in [0.1, 0.15) is 13.2 Å². The van der Waals surface area contributed by atoms with Gasteiger partial charge in [0, 0.05) is 12.2 Å². The monoisotopic (exact) mass is 199 g/mol. The van der Waals surface area contributed by atoms with Crippen LogP contribution in [0.4, 0.5) is 0 Å². The van der Waals surface area contributed by atoms with E-state index in [0.29, 0.717) is 0 Å². The lowest BCUT2D eigenvalue weighted by Gasteiger charge is -2.12. The molecule has 1 heterocycles. The number of imide groups is 1. The van der Waals surface area contributed by atoms with Crippen molar-refractivity contribution in [2.75, 3.05) is 19.8 Å². The Morgan fingerprint density at radius 2 is 1.93 bits per heavy atom. The van der Waals surface area contributed by atoms with E-state index < -0.39 is 24.3 Å². The molecule has 0 spiro atoms. The maximum Gasteiger partial charge on any atom is 0.326 e. The topological polar surface area (TPSA) is 83.9 Å². The Hall–Kier alpha value is -1.69. The maximum atomic E-state index is 11.0. The fourth-order valence-electron chi connectivity index (χ4n) is 0.921. The van der Waals surface area contributed by atoms with Gasteiger partial charge in [-0.2, -0.15) is 0 Å². The highest BCUT2D eigenvalue weighted by Gasteiger charge is 2.25. The molecule has 1 aliphatic rings. The lowest BCUT2D eigenvalue weighted by molar-refractivity contribution is -0.152. The number of carbonyl (C=O) groups excluding carboxylic acids is 3. The first-order chi connectivity index (χ1) is 6.65. The van der Waals surface area contributed by atoms with Crippen LogP contribution in [0.1, 0.15) is 0 Å². The molecule has 6 heteroatoms. The Balaban J connectivity index is 2.41. The summed E-state index contributed by atoms with van der Waals surface area (Å²) in [5, 5.41) is 8.34. The minimum absolute atomic E-state index is 0.136. The number of rotatable bonds is 4. The standard InChI is InChI=1S/C8H9NO5/c10-3-4-14-8(13)5-9-6(11)1-2-7(9)12/h1-2,10H,3-5H2. The van der Waals surface area contributed by atoms with Gasteiger partial charge in [-0.25, -0.2) is 0 Å². The van der Waals surface area contributed by atoms with Crippen molar-refractivity contribution in [1.29, 1.82) is 0 Å². The summed E-state index contributed by atoms with van der Waals surface area (Å²) in [6.07, 6.45) is 2.17. The van der Waals surface area contributed by atoms with Gasteiger partial charge in [0.05, 0.1) is 6.61 Å². The molecule has 1 rings (SSSR count). The van der Waals surface area contributed by atoms with Crippen LogP contribution in [0, 0.1) is 0 Å². The molecule has 0 aromatic carbocycles. The average Bonchev–Trinajstić information content (AvgIpc) is 2.46. The Labute approximate surface area is 79.8 Å². The summed E-state index contributed by atoms with van der Waals surface area (Å²) < 4.78 is 4.49. The molecule has 1 N–H and O–H groups in total. The lowest BCUT2D eigenvalue weighted by atomic mass is 10.5. The molecule has 0 bridgehead atoms. The van der Waals surface area contributed by atoms with E-state index in [1.165, 1.54) is 0 Å². The number of nitrogens with zero attached hydrogens (tertiary/aromatic N) is 1. The van der Waals surface area contributed by atoms with Crippen LogP contribution in [-0.2, 0) is 19.1 Å². The van der Waals surface area contributed by atoms with Gasteiger partial charge < -0.3 is 9.84 Å². The summed E-state index contributed by atoms with van der Waals surface area (Å²) in [4.78, 5) is 33.6. The normalized spacial score (nSPS) is 15.1. The zero-order valence-electron chi connectivity index (χ0n) is 7.30. The van der Waals surface area contributed by atoms with Gasteiger partial charge in [-0.3, -0.25) is 19.3 Å². The summed E-state index contributed by atoms with van der Waals surface area (Å²) >= 11 is 0. The molecule has 0 aliphatic carbocycles. The smallest absolute Gasteiger partial charge is 0.326 e. The van der Waals surface area contributed by atoms with Crippen molar-refractivity contribution in [1.82, 2.24) is 4.90 Å². The van der Waals surface area contributed by atoms with Crippen molar-refractivity contribution in [3.05, 3.63) is 12.2 Å². The van der Waals surface area contributed by atoms with Crippen molar-refractivity contribution < 1.29 is 24.2 Å². The molecule has 0 saturated carbocycles. The van der Waals surface area contributed by atoms with Crippen LogP contribution in [0.2, 0.25) is 0 Å². The first-order valence-electron chi connectivity index (χ1n) is 3.95. The highest BCUT2D eigenvalue weighted by Crippen LogP contribution is 2.02. The zero-order valence-corrected chi connectivity index (χ0v) is 7.30. The summed E-state index contributed by atoms with van der Waals surface area (Å²) in [6.45, 7) is -0.834. The molecule has 0 radical (unpaired) electrons. The van der Waals surface area contributed by atoms with E-state index in [0.717, 1.165) is 17.1 Å². The van der Waals surface area contributed by atoms with Gasteiger partial charge in [0.2, 0.25) is 0 Å². The SMILES string of the molecule is O=C(CN1C(=O)C=CC1=O)OCCO. The average molecular weight is 199 g/mol. The third kappa shape index (κ3) is 2.40. The first kappa shape index (κ1) is 10.4. The molecule has 6 nitrogen and oxygen atoms in total. The Bertz CT molecular complexity index is 278. The van der Waals surface area contributed by atoms with Crippen LogP contribution in [-0.4, -0.2) is 47.5 Å². The molecule has 1 aliphatic heterocycles. The highest BCUT2D eigenvalue weighted by atomic mass is 16.5. The third-order valence-electron chi connectivity index (χ3n) is 1.54. The van der Waals surface area contributed by atoms with Gasteiger partial charge in [-0.05, 0) is 0 Å². The molecule has 76 valence electrons. The van der Waals surface area contributed by atoms with Crippen LogP contribution in [0.15, 0.2) is 12.2 Å². The Morgan fingerprint density at radius 1 is 1.36 bits per heavy atom. The minimum Gasteiger partial charge on any atom is -0.462 e. The van der Waals surface area contributed by atoms with Gasteiger partial charge in [-0.1, -0.05) is 0 Å². The van der Waals surface area contributed by atoms with Gasteiger partial charge in [0.25, 0.3) is 11.8 Å². The van der Waals surface area contributed by atoms with E-state index in [9.17, 15) is 14.4 Å². The molecule has 0 aromatic rings. The van der Waals surface area contributed by atoms with Crippen molar-refractivity contribution in [3.8, 4) is 0 Å². The van der Waals surface area contributed by atoms with Gasteiger partial charge >= 0.3 is 5.97 Å². The van der Waals surface area contributed by atoms with Gasteiger partial charge in [0.15, 0.2) is 0 Å². The van der Waals surface area contributed by atoms with Crippen LogP contribution in [0.3, 0.4) is 0 Å². The second-order valence-electron chi connectivity index (χ2n) is 2.54. The van der Waals surface area contributed by atoms with Crippen molar-refractivity contribution in [2.45, 2.75) is 0 Å². The molecule has 0 saturated heterocycles. The molecule has 0 fully saturated rings. The second kappa shape index (κ2) is 4.52. The Kier molecular flexibility index (Phi) is 3.35. The second-order valence-corrected chi connectivity index (χ2v) is 2.54. The molecule has 14 heavy (non-hydrogen) atoms. The number of carbonyl (C=O) groups is 3. The number of aliphatic hydroxyl groups is 1. The Morgan fingerprint density at radius 3 is 2.43 bits per heavy atom. The summed E-state index contributed by atoms with van der Waals surface area (Å²) in [6, 6.07) is 0. The predicted octanol–water partition coefficient (Wildman–Crippen LogP) is -1.55. The molecular weight excluding hydrogens is 190 g/mol. The maximum absolute atomic E-state index is 11.0. The van der Waals surface area contributed by atoms with E-state index in [4.69, 9.17) is 5.11 Å². The summed E-state index contributed by atoms with van der Waals surface area (Å²) in [5.41, 5.74) is 0. The van der Waals surface area contributed by atoms with Crippen LogP contribution < -0.4 is 0 Å². The third-order valence-corrected chi connectivity index (χ3v) is 1.54. The molecule has 0 atom stereocenters. The fourth-order valence-corrected chi connectivity index (χ4v) is 0.921. The number of hydrogen-bond acceptors (Lipinski definition) is 5. The number of aliphatic hydroxyl groups excluding tert-OH is 1. The number of hydrogen-bond donors (Lipinski definition) is 1. The lowest BCUT2D eigenvalue weighted by Crippen LogP contribution is -2.36. The van der Waals surface area contributed by atoms with E-state index in [-0.39, 0.29) is 13.2 Å². The summed E-state index contributed by atoms with van der Waals surface area (Å²) in [7, 11) is 0. The predicted molar refractivity (Wildman–Crippen MR) is 43.9 cm³/mol. The molecular formula is C8H9NO5. The quantitative estimate of drug-likeness (QED) is 0.437. The van der Waals surface area contributed by atoms with Gasteiger partial charge in [-0.15, -0.1) is 0 Å². The summed E-state index contributed by atoms with van der Waals surface area (Å²) in [5.74, 6) is -1.78. The highest BCUT2D eigenvalue weighted by molar-refractivity contribution is 6.14. The van der Waals surface area contributed by atoms with E-state index in [2.05, 4.69) is 4.74 Å². The van der Waals surface area contributed by atoms with Crippen LogP contribution in [0.25, 0.3) is 0 Å². The van der Waals surface area contributed by atoms with E-state index in [1.807, 2.05) is 0 Å². The van der Waals surface area contributed by atoms with Crippen molar-refractivity contribution in [2.24, 2.45) is 0 Å². The zero-order chi connectivity index (χ0) is 10.6. The number of esters is 1. The molecule has 0 aromatic heterocycles. The van der Waals surface area contributed by atoms with E-state index >= 15 is 0 Å². The molecule has 2 amide bonds. The first-order valence-corrected chi connectivity index (χ1v) is 3.95. The van der Waals surface area contributed by atoms with Crippen molar-refractivity contribution >= 4 is 17.8 Å². The van der Waals surface area contributed by atoms with Crippen LogP contribution >= 0.6 is 0 Å².